The molecule has 1 aromatic carbocycles. The molecule has 0 aromatic heterocycles. The minimum absolute atomic E-state index is 0.358. The Kier molecular flexibility index (Phi) is 2.20. The number of Topliss-reactive ketones (excluding diaryl/α,β-unsaturated/α-hetero) is 1. The van der Waals surface area contributed by atoms with E-state index in [4.69, 9.17) is 4.74 Å². The largest absolute Gasteiger partial charge is 0.490 e. The highest BCUT2D eigenvalue weighted by atomic mass is 16.5. The summed E-state index contributed by atoms with van der Waals surface area (Å²) in [5.74, 6) is 4.89. The van der Waals surface area contributed by atoms with Gasteiger partial charge in [0.15, 0.2) is 5.78 Å². The molecule has 0 heterocycles. The van der Waals surface area contributed by atoms with Gasteiger partial charge in [0.25, 0.3) is 0 Å². The van der Waals surface area contributed by atoms with Crippen LogP contribution >= 0.6 is 0 Å². The van der Waals surface area contributed by atoms with E-state index in [-0.39, 0.29) is 0 Å². The molecule has 4 aliphatic rings. The zero-order valence-corrected chi connectivity index (χ0v) is 11.6. The van der Waals surface area contributed by atoms with Crippen LogP contribution < -0.4 is 4.74 Å². The van der Waals surface area contributed by atoms with Gasteiger partial charge in [0.1, 0.15) is 5.75 Å². The van der Waals surface area contributed by atoms with Gasteiger partial charge >= 0.3 is 0 Å². The molecule has 0 amide bonds. The first-order chi connectivity index (χ1) is 9.81. The summed E-state index contributed by atoms with van der Waals surface area (Å²) < 4.78 is 5.74. The second-order valence-corrected chi connectivity index (χ2v) is 7.22. The van der Waals surface area contributed by atoms with Crippen LogP contribution in [0.1, 0.15) is 42.5 Å². The first-order valence-electron chi connectivity index (χ1n) is 8.12. The lowest BCUT2D eigenvalue weighted by molar-refractivity contribution is 0.0944. The maximum Gasteiger partial charge on any atom is 0.166 e. The average Bonchev–Trinajstić information content (AvgIpc) is 3.37. The SMILES string of the molecule is O=C(c1ccc(OC2CC2)cc1)C1C2C3CCC(C3)C12. The van der Waals surface area contributed by atoms with Crippen LogP contribution in [0.3, 0.4) is 0 Å². The lowest BCUT2D eigenvalue weighted by Crippen LogP contribution is -2.10. The van der Waals surface area contributed by atoms with E-state index in [0.29, 0.717) is 17.8 Å². The molecule has 4 atom stereocenters. The van der Waals surface area contributed by atoms with Gasteiger partial charge in [-0.25, -0.2) is 0 Å². The van der Waals surface area contributed by atoms with Crippen molar-refractivity contribution in [1.82, 2.24) is 0 Å². The van der Waals surface area contributed by atoms with Gasteiger partial charge in [-0.2, -0.15) is 0 Å². The highest BCUT2D eigenvalue weighted by molar-refractivity contribution is 6.00. The first kappa shape index (κ1) is 11.4. The van der Waals surface area contributed by atoms with E-state index in [1.807, 2.05) is 24.3 Å². The van der Waals surface area contributed by atoms with Crippen molar-refractivity contribution in [3.05, 3.63) is 29.8 Å². The zero-order chi connectivity index (χ0) is 13.3. The number of carbonyl (C=O) groups excluding carboxylic acids is 1. The highest BCUT2D eigenvalue weighted by Crippen LogP contribution is 2.69. The summed E-state index contributed by atoms with van der Waals surface area (Å²) in [4.78, 5) is 12.6. The lowest BCUT2D eigenvalue weighted by atomic mass is 9.96. The van der Waals surface area contributed by atoms with Gasteiger partial charge in [-0.1, -0.05) is 0 Å². The van der Waals surface area contributed by atoms with Crippen molar-refractivity contribution in [2.75, 3.05) is 0 Å². The number of rotatable bonds is 4. The highest BCUT2D eigenvalue weighted by Gasteiger charge is 2.67. The lowest BCUT2D eigenvalue weighted by Gasteiger charge is -2.09. The fourth-order valence-electron chi connectivity index (χ4n) is 4.94. The van der Waals surface area contributed by atoms with E-state index in [1.165, 1.54) is 32.1 Å². The van der Waals surface area contributed by atoms with Gasteiger partial charge in [-0.3, -0.25) is 4.79 Å². The van der Waals surface area contributed by atoms with E-state index in [0.717, 1.165) is 35.0 Å². The minimum atomic E-state index is 0.358. The molecule has 0 N–H and O–H groups in total. The molecule has 4 aliphatic carbocycles. The molecule has 4 fully saturated rings. The van der Waals surface area contributed by atoms with Crippen LogP contribution in [0.25, 0.3) is 0 Å². The topological polar surface area (TPSA) is 26.3 Å². The molecule has 4 saturated carbocycles. The smallest absolute Gasteiger partial charge is 0.166 e. The molecule has 0 radical (unpaired) electrons. The third-order valence-electron chi connectivity index (χ3n) is 6.00. The number of hydrogen-bond acceptors (Lipinski definition) is 2. The van der Waals surface area contributed by atoms with E-state index in [2.05, 4.69) is 0 Å². The Bertz CT molecular complexity index is 541. The normalized spacial score (nSPS) is 40.5. The number of hydrogen-bond donors (Lipinski definition) is 0. The van der Waals surface area contributed by atoms with Crippen LogP contribution in [0.5, 0.6) is 5.75 Å². The molecular formula is C18H20O2. The van der Waals surface area contributed by atoms with Crippen molar-refractivity contribution in [3.63, 3.8) is 0 Å². The monoisotopic (exact) mass is 268 g/mol. The summed E-state index contributed by atoms with van der Waals surface area (Å²) in [6.45, 7) is 0. The molecule has 0 spiro atoms. The first-order valence-corrected chi connectivity index (χ1v) is 8.12. The summed E-state index contributed by atoms with van der Waals surface area (Å²) in [5.41, 5.74) is 0.895. The molecular weight excluding hydrogens is 248 g/mol. The predicted octanol–water partition coefficient (Wildman–Crippen LogP) is 3.70. The van der Waals surface area contributed by atoms with E-state index in [1.54, 1.807) is 0 Å². The second kappa shape index (κ2) is 3.87. The summed E-state index contributed by atoms with van der Waals surface area (Å²) >= 11 is 0. The molecule has 2 bridgehead atoms. The molecule has 2 heteroatoms. The fraction of sp³-hybridized carbons (Fsp3) is 0.611. The Balaban J connectivity index is 1.32. The minimum Gasteiger partial charge on any atom is -0.490 e. The van der Waals surface area contributed by atoms with Crippen LogP contribution in [0.2, 0.25) is 0 Å². The third-order valence-corrected chi connectivity index (χ3v) is 6.00. The van der Waals surface area contributed by atoms with E-state index in [9.17, 15) is 4.79 Å². The van der Waals surface area contributed by atoms with Gasteiger partial charge in [0.05, 0.1) is 6.10 Å². The summed E-state index contributed by atoms with van der Waals surface area (Å²) in [5, 5.41) is 0. The van der Waals surface area contributed by atoms with E-state index < -0.39 is 0 Å². The van der Waals surface area contributed by atoms with Gasteiger partial charge < -0.3 is 4.74 Å². The molecule has 5 rings (SSSR count). The van der Waals surface area contributed by atoms with Crippen LogP contribution in [0.4, 0.5) is 0 Å². The summed E-state index contributed by atoms with van der Waals surface area (Å²) in [6, 6.07) is 7.88. The van der Waals surface area contributed by atoms with Crippen LogP contribution in [-0.2, 0) is 0 Å². The number of benzene rings is 1. The maximum atomic E-state index is 12.6. The zero-order valence-electron chi connectivity index (χ0n) is 11.6. The molecule has 0 saturated heterocycles. The van der Waals surface area contributed by atoms with Crippen LogP contribution in [0, 0.1) is 29.6 Å². The van der Waals surface area contributed by atoms with Gasteiger partial charge in [-0.05, 0) is 80.0 Å². The molecule has 104 valence electrons. The standard InChI is InChI=1S/C18H20O2/c19-18(17-15-11-1-2-12(9-11)16(15)17)10-3-5-13(6-4-10)20-14-7-8-14/h3-6,11-12,14-17H,1-2,7-9H2. The molecule has 20 heavy (non-hydrogen) atoms. The summed E-state index contributed by atoms with van der Waals surface area (Å²) in [7, 11) is 0. The Morgan fingerprint density at radius 2 is 1.60 bits per heavy atom. The third kappa shape index (κ3) is 1.60. The molecule has 1 aromatic rings. The number of fused-ring (bicyclic) bond motifs is 5. The number of ether oxygens (including phenoxy) is 1. The van der Waals surface area contributed by atoms with Crippen molar-refractivity contribution in [2.45, 2.75) is 38.2 Å². The molecule has 2 nitrogen and oxygen atoms in total. The van der Waals surface area contributed by atoms with Gasteiger partial charge in [0, 0.05) is 11.5 Å². The van der Waals surface area contributed by atoms with Crippen molar-refractivity contribution in [3.8, 4) is 5.75 Å². The van der Waals surface area contributed by atoms with E-state index >= 15 is 0 Å². The maximum absolute atomic E-state index is 12.6. The fourth-order valence-corrected chi connectivity index (χ4v) is 4.94. The van der Waals surface area contributed by atoms with Crippen molar-refractivity contribution >= 4 is 5.78 Å². The Morgan fingerprint density at radius 1 is 0.950 bits per heavy atom. The average molecular weight is 268 g/mol. The Labute approximate surface area is 119 Å². The second-order valence-electron chi connectivity index (χ2n) is 7.22. The van der Waals surface area contributed by atoms with Gasteiger partial charge in [-0.15, -0.1) is 0 Å². The number of carbonyl (C=O) groups is 1. The quantitative estimate of drug-likeness (QED) is 0.778. The molecule has 0 aliphatic heterocycles. The van der Waals surface area contributed by atoms with Crippen molar-refractivity contribution in [2.24, 2.45) is 29.6 Å². The van der Waals surface area contributed by atoms with Gasteiger partial charge in [0.2, 0.25) is 0 Å². The Morgan fingerprint density at radius 3 is 2.20 bits per heavy atom. The van der Waals surface area contributed by atoms with Crippen molar-refractivity contribution < 1.29 is 9.53 Å². The Hall–Kier alpha value is -1.31. The van der Waals surface area contributed by atoms with Crippen LogP contribution in [-0.4, -0.2) is 11.9 Å². The molecule has 4 unspecified atom stereocenters. The van der Waals surface area contributed by atoms with Crippen molar-refractivity contribution in [1.29, 1.82) is 0 Å². The van der Waals surface area contributed by atoms with Crippen LogP contribution in [0.15, 0.2) is 24.3 Å². The predicted molar refractivity (Wildman–Crippen MR) is 75.7 cm³/mol. The number of ketones is 1. The summed E-state index contributed by atoms with van der Waals surface area (Å²) in [6.07, 6.45) is 6.94.